The predicted molar refractivity (Wildman–Crippen MR) is 75.7 cm³/mol. The van der Waals surface area contributed by atoms with E-state index < -0.39 is 0 Å². The Bertz CT molecular complexity index is 426. The molecule has 1 aromatic carbocycles. The van der Waals surface area contributed by atoms with Gasteiger partial charge in [-0.1, -0.05) is 18.2 Å². The first kappa shape index (κ1) is 12.9. The van der Waals surface area contributed by atoms with Crippen molar-refractivity contribution in [3.8, 4) is 0 Å². The quantitative estimate of drug-likeness (QED) is 0.892. The Morgan fingerprint density at radius 3 is 2.53 bits per heavy atom. The van der Waals surface area contributed by atoms with Gasteiger partial charge in [0.2, 0.25) is 0 Å². The summed E-state index contributed by atoms with van der Waals surface area (Å²) in [5.41, 5.74) is 2.73. The lowest BCUT2D eigenvalue weighted by Crippen LogP contribution is -2.28. The first-order valence-corrected chi connectivity index (χ1v) is 6.92. The molecule has 3 rings (SSSR count). The third kappa shape index (κ3) is 2.48. The van der Waals surface area contributed by atoms with Crippen molar-refractivity contribution in [2.75, 3.05) is 45.7 Å². The molecule has 0 bridgehead atoms. The average molecular weight is 262 g/mol. The predicted octanol–water partition coefficient (Wildman–Crippen LogP) is 1.54. The van der Waals surface area contributed by atoms with E-state index in [1.807, 2.05) is 0 Å². The van der Waals surface area contributed by atoms with E-state index in [-0.39, 0.29) is 12.2 Å². The van der Waals surface area contributed by atoms with Gasteiger partial charge in [0.1, 0.15) is 0 Å². The van der Waals surface area contributed by atoms with Crippen LogP contribution in [0.3, 0.4) is 0 Å². The van der Waals surface area contributed by atoms with Gasteiger partial charge in [-0.05, 0) is 11.6 Å². The van der Waals surface area contributed by atoms with Gasteiger partial charge >= 0.3 is 0 Å². The van der Waals surface area contributed by atoms with E-state index in [0.29, 0.717) is 5.92 Å². The largest absolute Gasteiger partial charge is 0.384 e. The van der Waals surface area contributed by atoms with Crippen molar-refractivity contribution in [2.45, 2.75) is 18.1 Å². The molecule has 0 spiro atoms. The fourth-order valence-corrected chi connectivity index (χ4v) is 3.25. The minimum Gasteiger partial charge on any atom is -0.384 e. The highest BCUT2D eigenvalue weighted by Gasteiger charge is 2.35. The van der Waals surface area contributed by atoms with E-state index in [1.165, 1.54) is 11.3 Å². The maximum atomic E-state index is 5.50. The standard InChI is InChI=1S/C15H22N2O2/c1-18-14-9-17(10-15(14)19-2)8-11-7-16-13-6-4-3-5-12(11)13/h3-6,11,14-16H,7-10H2,1-2H3. The normalized spacial score (nSPS) is 30.3. The summed E-state index contributed by atoms with van der Waals surface area (Å²) >= 11 is 0. The first-order chi connectivity index (χ1) is 9.31. The summed E-state index contributed by atoms with van der Waals surface area (Å²) < 4.78 is 11.0. The summed E-state index contributed by atoms with van der Waals surface area (Å²) in [4.78, 5) is 2.46. The number of ether oxygens (including phenoxy) is 2. The summed E-state index contributed by atoms with van der Waals surface area (Å²) in [5, 5.41) is 3.49. The molecule has 0 aromatic heterocycles. The Labute approximate surface area is 114 Å². The minimum absolute atomic E-state index is 0.203. The summed E-state index contributed by atoms with van der Waals surface area (Å²) in [5.74, 6) is 0.573. The summed E-state index contributed by atoms with van der Waals surface area (Å²) in [6, 6.07) is 8.61. The lowest BCUT2D eigenvalue weighted by atomic mass is 10.0. The Kier molecular flexibility index (Phi) is 3.73. The molecule has 1 fully saturated rings. The molecular weight excluding hydrogens is 240 g/mol. The Hall–Kier alpha value is -1.10. The van der Waals surface area contributed by atoms with Crippen molar-refractivity contribution in [1.29, 1.82) is 0 Å². The van der Waals surface area contributed by atoms with Crippen LogP contribution in [0.5, 0.6) is 0 Å². The van der Waals surface area contributed by atoms with Gasteiger partial charge in [-0.15, -0.1) is 0 Å². The van der Waals surface area contributed by atoms with Crippen LogP contribution in [-0.4, -0.2) is 57.5 Å². The smallest absolute Gasteiger partial charge is 0.0971 e. The third-order valence-corrected chi connectivity index (χ3v) is 4.31. The lowest BCUT2D eigenvalue weighted by Gasteiger charge is -2.20. The highest BCUT2D eigenvalue weighted by atomic mass is 16.5. The molecule has 4 nitrogen and oxygen atoms in total. The molecule has 2 heterocycles. The van der Waals surface area contributed by atoms with Crippen LogP contribution in [0.4, 0.5) is 5.69 Å². The molecule has 2 aliphatic heterocycles. The summed E-state index contributed by atoms with van der Waals surface area (Å²) in [6.07, 6.45) is 0.407. The number of methoxy groups -OCH3 is 2. The molecule has 1 saturated heterocycles. The number of anilines is 1. The van der Waals surface area contributed by atoms with Gasteiger partial charge in [-0.2, -0.15) is 0 Å². The molecule has 0 amide bonds. The third-order valence-electron chi connectivity index (χ3n) is 4.31. The van der Waals surface area contributed by atoms with Crippen LogP contribution in [0.1, 0.15) is 11.5 Å². The second-order valence-corrected chi connectivity index (χ2v) is 5.43. The van der Waals surface area contributed by atoms with E-state index in [2.05, 4.69) is 34.5 Å². The van der Waals surface area contributed by atoms with E-state index in [4.69, 9.17) is 9.47 Å². The number of nitrogens with zero attached hydrogens (tertiary/aromatic N) is 1. The van der Waals surface area contributed by atoms with Gasteiger partial charge in [0.05, 0.1) is 12.2 Å². The fraction of sp³-hybridized carbons (Fsp3) is 0.600. The van der Waals surface area contributed by atoms with Crippen LogP contribution in [0.2, 0.25) is 0 Å². The maximum Gasteiger partial charge on any atom is 0.0971 e. The highest BCUT2D eigenvalue weighted by molar-refractivity contribution is 5.57. The number of hydrogen-bond acceptors (Lipinski definition) is 4. The van der Waals surface area contributed by atoms with Crippen molar-refractivity contribution >= 4 is 5.69 Å². The second-order valence-electron chi connectivity index (χ2n) is 5.43. The molecule has 4 heteroatoms. The van der Waals surface area contributed by atoms with Crippen LogP contribution in [0.25, 0.3) is 0 Å². The molecule has 1 N–H and O–H groups in total. The number of nitrogens with one attached hydrogen (secondary N) is 1. The molecule has 104 valence electrons. The zero-order valence-electron chi connectivity index (χ0n) is 11.6. The topological polar surface area (TPSA) is 33.7 Å². The number of benzene rings is 1. The second kappa shape index (κ2) is 5.49. The van der Waals surface area contributed by atoms with Crippen LogP contribution in [0, 0.1) is 0 Å². The molecule has 3 unspecified atom stereocenters. The van der Waals surface area contributed by atoms with E-state index in [0.717, 1.165) is 26.2 Å². The van der Waals surface area contributed by atoms with E-state index in [9.17, 15) is 0 Å². The number of hydrogen-bond donors (Lipinski definition) is 1. The van der Waals surface area contributed by atoms with Gasteiger partial charge in [0.25, 0.3) is 0 Å². The number of likely N-dealkylation sites (tertiary alicyclic amines) is 1. The van der Waals surface area contributed by atoms with Crippen molar-refractivity contribution in [1.82, 2.24) is 4.90 Å². The molecule has 0 saturated carbocycles. The van der Waals surface area contributed by atoms with Gasteiger partial charge in [0, 0.05) is 52.0 Å². The molecule has 3 atom stereocenters. The van der Waals surface area contributed by atoms with E-state index in [1.54, 1.807) is 14.2 Å². The van der Waals surface area contributed by atoms with E-state index >= 15 is 0 Å². The van der Waals surface area contributed by atoms with Crippen molar-refractivity contribution in [2.24, 2.45) is 0 Å². The van der Waals surface area contributed by atoms with Crippen LogP contribution in [0.15, 0.2) is 24.3 Å². The average Bonchev–Trinajstić information content (AvgIpc) is 3.03. The van der Waals surface area contributed by atoms with Crippen molar-refractivity contribution < 1.29 is 9.47 Å². The monoisotopic (exact) mass is 262 g/mol. The molecule has 19 heavy (non-hydrogen) atoms. The molecule has 1 aromatic rings. The first-order valence-electron chi connectivity index (χ1n) is 6.92. The molecule has 0 aliphatic carbocycles. The molecule has 2 aliphatic rings. The lowest BCUT2D eigenvalue weighted by molar-refractivity contribution is -0.00461. The van der Waals surface area contributed by atoms with Gasteiger partial charge in [0.15, 0.2) is 0 Å². The molecular formula is C15H22N2O2. The van der Waals surface area contributed by atoms with Crippen molar-refractivity contribution in [3.05, 3.63) is 29.8 Å². The number of rotatable bonds is 4. The van der Waals surface area contributed by atoms with Gasteiger partial charge in [-0.3, -0.25) is 4.90 Å². The van der Waals surface area contributed by atoms with Gasteiger partial charge < -0.3 is 14.8 Å². The zero-order chi connectivity index (χ0) is 13.2. The fourth-order valence-electron chi connectivity index (χ4n) is 3.25. The molecule has 0 radical (unpaired) electrons. The van der Waals surface area contributed by atoms with Gasteiger partial charge in [-0.25, -0.2) is 0 Å². The summed E-state index contributed by atoms with van der Waals surface area (Å²) in [6.45, 7) is 4.04. The van der Waals surface area contributed by atoms with Crippen molar-refractivity contribution in [3.63, 3.8) is 0 Å². The zero-order valence-corrected chi connectivity index (χ0v) is 11.6. The van der Waals surface area contributed by atoms with Crippen LogP contribution in [-0.2, 0) is 9.47 Å². The Morgan fingerprint density at radius 1 is 1.16 bits per heavy atom. The minimum atomic E-state index is 0.203. The number of para-hydroxylation sites is 1. The number of fused-ring (bicyclic) bond motifs is 1. The highest BCUT2D eigenvalue weighted by Crippen LogP contribution is 2.32. The SMILES string of the molecule is COC1CN(CC2CNc3ccccc32)CC1OC. The Morgan fingerprint density at radius 2 is 1.84 bits per heavy atom. The summed E-state index contributed by atoms with van der Waals surface area (Å²) in [7, 11) is 3.54. The Balaban J connectivity index is 1.65. The van der Waals surface area contributed by atoms with Crippen LogP contribution >= 0.6 is 0 Å². The van der Waals surface area contributed by atoms with Crippen LogP contribution < -0.4 is 5.32 Å². The maximum absolute atomic E-state index is 5.50.